The zero-order valence-electron chi connectivity index (χ0n) is 9.24. The molecule has 0 saturated heterocycles. The van der Waals surface area contributed by atoms with Crippen LogP contribution in [0.4, 0.5) is 4.39 Å². The number of ether oxygens (including phenoxy) is 1. The lowest BCUT2D eigenvalue weighted by atomic mass is 10.2. The van der Waals surface area contributed by atoms with Gasteiger partial charge in [0, 0.05) is 4.88 Å². The number of aryl methyl sites for hydroxylation is 2. The molecule has 5 heteroatoms. The summed E-state index contributed by atoms with van der Waals surface area (Å²) >= 11 is 4.82. The van der Waals surface area contributed by atoms with Gasteiger partial charge in [0.15, 0.2) is 5.06 Å². The number of nitrogens with zero attached hydrogens (tertiary/aromatic N) is 1. The quantitative estimate of drug-likeness (QED) is 0.800. The van der Waals surface area contributed by atoms with Gasteiger partial charge in [0.2, 0.25) is 0 Å². The molecular formula is C12H11BrFNOS. The first-order chi connectivity index (χ1) is 8.19. The molecule has 0 aliphatic rings. The van der Waals surface area contributed by atoms with Gasteiger partial charge in [-0.25, -0.2) is 9.37 Å². The monoisotopic (exact) mass is 315 g/mol. The molecule has 2 rings (SSSR count). The first-order valence-corrected chi connectivity index (χ1v) is 6.73. The molecule has 0 fully saturated rings. The van der Waals surface area contributed by atoms with Crippen molar-refractivity contribution in [2.45, 2.75) is 12.8 Å². The van der Waals surface area contributed by atoms with Crippen molar-refractivity contribution in [3.05, 3.63) is 45.3 Å². The van der Waals surface area contributed by atoms with E-state index in [-0.39, 0.29) is 5.82 Å². The van der Waals surface area contributed by atoms with Gasteiger partial charge in [-0.1, -0.05) is 0 Å². The smallest absolute Gasteiger partial charge is 0.173 e. The topological polar surface area (TPSA) is 22.1 Å². The fraction of sp³-hybridized carbons (Fsp3) is 0.250. The van der Waals surface area contributed by atoms with Crippen molar-refractivity contribution in [3.8, 4) is 5.06 Å². The van der Waals surface area contributed by atoms with Gasteiger partial charge in [-0.05, 0) is 53.0 Å². The van der Waals surface area contributed by atoms with E-state index in [4.69, 9.17) is 4.74 Å². The molecule has 0 spiro atoms. The van der Waals surface area contributed by atoms with E-state index in [0.29, 0.717) is 16.7 Å². The summed E-state index contributed by atoms with van der Waals surface area (Å²) in [7, 11) is 1.64. The van der Waals surface area contributed by atoms with Gasteiger partial charge in [0.05, 0.1) is 12.8 Å². The molecule has 0 aromatic carbocycles. The van der Waals surface area contributed by atoms with Gasteiger partial charge in [-0.15, -0.1) is 11.3 Å². The molecule has 17 heavy (non-hydrogen) atoms. The molecule has 0 atom stereocenters. The second-order valence-electron chi connectivity index (χ2n) is 3.49. The second kappa shape index (κ2) is 5.60. The molecule has 0 N–H and O–H groups in total. The van der Waals surface area contributed by atoms with Gasteiger partial charge < -0.3 is 4.74 Å². The minimum absolute atomic E-state index is 0.253. The predicted molar refractivity (Wildman–Crippen MR) is 70.2 cm³/mol. The van der Waals surface area contributed by atoms with E-state index in [1.807, 2.05) is 12.1 Å². The van der Waals surface area contributed by atoms with Crippen LogP contribution in [0.1, 0.15) is 10.6 Å². The second-order valence-corrected chi connectivity index (χ2v) is 5.43. The molecule has 90 valence electrons. The lowest BCUT2D eigenvalue weighted by Gasteiger charge is -2.01. The Kier molecular flexibility index (Phi) is 4.12. The fourth-order valence-corrected chi connectivity index (χ4v) is 2.64. The largest absolute Gasteiger partial charge is 0.487 e. The lowest BCUT2D eigenvalue weighted by molar-refractivity contribution is 0.427. The molecule has 2 heterocycles. The normalized spacial score (nSPS) is 10.5. The predicted octanol–water partition coefficient (Wildman–Crippen LogP) is 3.84. The molecule has 0 saturated carbocycles. The van der Waals surface area contributed by atoms with Crippen LogP contribution >= 0.6 is 27.3 Å². The Hall–Kier alpha value is -0.940. The molecule has 0 aliphatic carbocycles. The molecular weight excluding hydrogens is 305 g/mol. The Balaban J connectivity index is 2.04. The summed E-state index contributed by atoms with van der Waals surface area (Å²) in [6.45, 7) is 0. The molecule has 2 nitrogen and oxygen atoms in total. The fourth-order valence-electron chi connectivity index (χ4n) is 1.48. The highest BCUT2D eigenvalue weighted by Gasteiger charge is 2.06. The van der Waals surface area contributed by atoms with Crippen molar-refractivity contribution in [3.63, 3.8) is 0 Å². The van der Waals surface area contributed by atoms with E-state index in [1.54, 1.807) is 24.5 Å². The third-order valence-electron chi connectivity index (χ3n) is 2.33. The van der Waals surface area contributed by atoms with Crippen molar-refractivity contribution < 1.29 is 9.13 Å². The zero-order chi connectivity index (χ0) is 12.3. The van der Waals surface area contributed by atoms with Crippen LogP contribution in [0.2, 0.25) is 0 Å². The Morgan fingerprint density at radius 2 is 2.12 bits per heavy atom. The van der Waals surface area contributed by atoms with Crippen molar-refractivity contribution in [1.82, 2.24) is 4.98 Å². The summed E-state index contributed by atoms with van der Waals surface area (Å²) in [5.41, 5.74) is 0.492. The number of thiophene rings is 1. The van der Waals surface area contributed by atoms with E-state index in [0.717, 1.165) is 11.5 Å². The number of methoxy groups -OCH3 is 1. The standard InChI is InChI=1S/C12H11BrFNOS/c1-16-12-7-3-8(17-12)2-5-10-9(14)4-6-11(13)15-10/h3-4,6-7H,2,5H2,1H3. The summed E-state index contributed by atoms with van der Waals surface area (Å²) < 4.78 is 19.2. The minimum Gasteiger partial charge on any atom is -0.487 e. The molecule has 2 aromatic rings. The van der Waals surface area contributed by atoms with Crippen LogP contribution in [-0.2, 0) is 12.8 Å². The molecule has 0 radical (unpaired) electrons. The van der Waals surface area contributed by atoms with Crippen LogP contribution < -0.4 is 4.74 Å². The summed E-state index contributed by atoms with van der Waals surface area (Å²) in [5.74, 6) is -0.253. The molecule has 0 aliphatic heterocycles. The highest BCUT2D eigenvalue weighted by molar-refractivity contribution is 9.10. The maximum Gasteiger partial charge on any atom is 0.173 e. The van der Waals surface area contributed by atoms with Crippen LogP contribution in [-0.4, -0.2) is 12.1 Å². The van der Waals surface area contributed by atoms with Gasteiger partial charge in [0.1, 0.15) is 10.4 Å². The SMILES string of the molecule is COc1ccc(CCc2nc(Br)ccc2F)s1. The average Bonchev–Trinajstić information content (AvgIpc) is 2.78. The van der Waals surface area contributed by atoms with Gasteiger partial charge >= 0.3 is 0 Å². The third kappa shape index (κ3) is 3.26. The van der Waals surface area contributed by atoms with Crippen LogP contribution in [0.15, 0.2) is 28.9 Å². The van der Waals surface area contributed by atoms with Gasteiger partial charge in [-0.2, -0.15) is 0 Å². The number of hydrogen-bond acceptors (Lipinski definition) is 3. The number of pyridine rings is 1. The van der Waals surface area contributed by atoms with Crippen LogP contribution in [0.25, 0.3) is 0 Å². The first-order valence-electron chi connectivity index (χ1n) is 5.12. The first kappa shape index (κ1) is 12.5. The van der Waals surface area contributed by atoms with E-state index < -0.39 is 0 Å². The highest BCUT2D eigenvalue weighted by Crippen LogP contribution is 2.25. The molecule has 0 amide bonds. The number of rotatable bonds is 4. The number of aromatic nitrogens is 1. The maximum atomic E-state index is 13.4. The Bertz CT molecular complexity index is 515. The van der Waals surface area contributed by atoms with E-state index in [2.05, 4.69) is 20.9 Å². The van der Waals surface area contributed by atoms with Crippen LogP contribution in [0, 0.1) is 5.82 Å². The summed E-state index contributed by atoms with van der Waals surface area (Å²) in [4.78, 5) is 5.30. The number of hydrogen-bond donors (Lipinski definition) is 0. The average molecular weight is 316 g/mol. The Morgan fingerprint density at radius 3 is 2.82 bits per heavy atom. The lowest BCUT2D eigenvalue weighted by Crippen LogP contribution is -1.97. The minimum atomic E-state index is -0.253. The van der Waals surface area contributed by atoms with Crippen molar-refractivity contribution >= 4 is 27.3 Å². The van der Waals surface area contributed by atoms with Gasteiger partial charge in [0.25, 0.3) is 0 Å². The van der Waals surface area contributed by atoms with Crippen LogP contribution in [0.5, 0.6) is 5.06 Å². The Labute approximate surface area is 112 Å². The van der Waals surface area contributed by atoms with E-state index in [1.165, 1.54) is 10.9 Å². The Morgan fingerprint density at radius 1 is 1.29 bits per heavy atom. The zero-order valence-corrected chi connectivity index (χ0v) is 11.6. The van der Waals surface area contributed by atoms with Crippen LogP contribution in [0.3, 0.4) is 0 Å². The molecule has 0 bridgehead atoms. The third-order valence-corrected chi connectivity index (χ3v) is 3.88. The highest BCUT2D eigenvalue weighted by atomic mass is 79.9. The van der Waals surface area contributed by atoms with Crippen molar-refractivity contribution in [2.75, 3.05) is 7.11 Å². The number of halogens is 2. The maximum absolute atomic E-state index is 13.4. The van der Waals surface area contributed by atoms with Gasteiger partial charge in [-0.3, -0.25) is 0 Å². The van der Waals surface area contributed by atoms with E-state index >= 15 is 0 Å². The van der Waals surface area contributed by atoms with E-state index in [9.17, 15) is 4.39 Å². The van der Waals surface area contributed by atoms with Crippen molar-refractivity contribution in [1.29, 1.82) is 0 Å². The summed E-state index contributed by atoms with van der Waals surface area (Å²) in [6, 6.07) is 6.96. The molecule has 0 unspecified atom stereocenters. The summed E-state index contributed by atoms with van der Waals surface area (Å²) in [5, 5.41) is 0.877. The molecule has 2 aromatic heterocycles. The summed E-state index contributed by atoms with van der Waals surface area (Å²) in [6.07, 6.45) is 1.36. The van der Waals surface area contributed by atoms with Crippen molar-refractivity contribution in [2.24, 2.45) is 0 Å².